The molecule has 1 unspecified atom stereocenters. The number of aryl methyl sites for hydroxylation is 1. The van der Waals surface area contributed by atoms with Crippen molar-refractivity contribution in [2.24, 2.45) is 7.05 Å². The molecule has 2 atom stereocenters. The Kier molecular flexibility index (Phi) is 3.23. The van der Waals surface area contributed by atoms with Gasteiger partial charge in [-0.1, -0.05) is 18.2 Å². The van der Waals surface area contributed by atoms with Crippen LogP contribution in [0.25, 0.3) is 10.9 Å². The molecule has 0 saturated carbocycles. The average Bonchev–Trinajstić information content (AvgIpc) is 2.92. The van der Waals surface area contributed by atoms with Gasteiger partial charge in [-0.05, 0) is 25.1 Å². The largest absolute Gasteiger partial charge is 0.479 e. The van der Waals surface area contributed by atoms with Crippen LogP contribution in [0.4, 0.5) is 0 Å². The van der Waals surface area contributed by atoms with Crippen molar-refractivity contribution in [1.29, 1.82) is 0 Å². The highest BCUT2D eigenvalue weighted by molar-refractivity contribution is 5.84. The second-order valence-corrected chi connectivity index (χ2v) is 5.53. The third kappa shape index (κ3) is 2.19. The number of benzene rings is 1. The molecule has 2 aromatic rings. The maximum atomic E-state index is 11.1. The van der Waals surface area contributed by atoms with E-state index in [4.69, 9.17) is 5.11 Å². The molecule has 0 spiro atoms. The number of carboxylic acid groups (broad SMARTS) is 1. The first-order chi connectivity index (χ1) is 9.56. The lowest BCUT2D eigenvalue weighted by Gasteiger charge is -2.12. The molecule has 0 amide bonds. The van der Waals surface area contributed by atoms with E-state index < -0.39 is 12.1 Å². The SMILES string of the molecule is CN1C[C@H](Cc2cn(C)c3ccccc23)NC1C(=O)O. The maximum Gasteiger partial charge on any atom is 0.335 e. The number of hydrogen-bond acceptors (Lipinski definition) is 3. The molecule has 5 heteroatoms. The summed E-state index contributed by atoms with van der Waals surface area (Å²) < 4.78 is 2.12. The lowest BCUT2D eigenvalue weighted by atomic mass is 10.1. The molecule has 1 fully saturated rings. The van der Waals surface area contributed by atoms with Crippen LogP contribution in [0.3, 0.4) is 0 Å². The summed E-state index contributed by atoms with van der Waals surface area (Å²) in [7, 11) is 3.88. The number of fused-ring (bicyclic) bond motifs is 1. The first-order valence-electron chi connectivity index (χ1n) is 6.78. The molecule has 20 heavy (non-hydrogen) atoms. The van der Waals surface area contributed by atoms with E-state index in [0.29, 0.717) is 0 Å². The van der Waals surface area contributed by atoms with Gasteiger partial charge in [-0.3, -0.25) is 10.2 Å². The second kappa shape index (κ2) is 4.92. The molecule has 0 bridgehead atoms. The van der Waals surface area contributed by atoms with Crippen molar-refractivity contribution in [3.63, 3.8) is 0 Å². The zero-order valence-corrected chi connectivity index (χ0v) is 11.7. The highest BCUT2D eigenvalue weighted by Crippen LogP contribution is 2.22. The van der Waals surface area contributed by atoms with E-state index in [1.165, 1.54) is 16.5 Å². The van der Waals surface area contributed by atoms with Crippen molar-refractivity contribution in [2.45, 2.75) is 18.6 Å². The van der Waals surface area contributed by atoms with E-state index in [-0.39, 0.29) is 6.04 Å². The molecule has 1 aromatic carbocycles. The van der Waals surface area contributed by atoms with Crippen LogP contribution in [0.1, 0.15) is 5.56 Å². The molecule has 5 nitrogen and oxygen atoms in total. The van der Waals surface area contributed by atoms with Crippen LogP contribution < -0.4 is 5.32 Å². The number of nitrogens with zero attached hydrogens (tertiary/aromatic N) is 2. The lowest BCUT2D eigenvalue weighted by molar-refractivity contribution is -0.142. The molecular weight excluding hydrogens is 254 g/mol. The highest BCUT2D eigenvalue weighted by Gasteiger charge is 2.33. The number of aromatic nitrogens is 1. The third-order valence-corrected chi connectivity index (χ3v) is 4.02. The third-order valence-electron chi connectivity index (χ3n) is 4.02. The number of carboxylic acids is 1. The number of likely N-dealkylation sites (N-methyl/N-ethyl adjacent to an activating group) is 1. The van der Waals surface area contributed by atoms with E-state index in [1.807, 2.05) is 31.1 Å². The predicted molar refractivity (Wildman–Crippen MR) is 77.6 cm³/mol. The van der Waals surface area contributed by atoms with Gasteiger partial charge in [-0.2, -0.15) is 0 Å². The van der Waals surface area contributed by atoms with Crippen molar-refractivity contribution in [2.75, 3.05) is 13.6 Å². The summed E-state index contributed by atoms with van der Waals surface area (Å²) in [6.07, 6.45) is 2.41. The smallest absolute Gasteiger partial charge is 0.335 e. The van der Waals surface area contributed by atoms with Crippen molar-refractivity contribution in [3.8, 4) is 0 Å². The molecule has 0 radical (unpaired) electrons. The first kappa shape index (κ1) is 13.1. The Morgan fingerprint density at radius 3 is 2.85 bits per heavy atom. The predicted octanol–water partition coefficient (Wildman–Crippen LogP) is 1.04. The van der Waals surface area contributed by atoms with E-state index in [9.17, 15) is 4.79 Å². The summed E-state index contributed by atoms with van der Waals surface area (Å²) in [6, 6.07) is 8.48. The minimum absolute atomic E-state index is 0.173. The highest BCUT2D eigenvalue weighted by atomic mass is 16.4. The average molecular weight is 273 g/mol. The van der Waals surface area contributed by atoms with Crippen LogP contribution in [0, 0.1) is 0 Å². The van der Waals surface area contributed by atoms with Gasteiger partial charge >= 0.3 is 5.97 Å². The van der Waals surface area contributed by atoms with Crippen LogP contribution in [-0.2, 0) is 18.3 Å². The van der Waals surface area contributed by atoms with Crippen LogP contribution in [0.5, 0.6) is 0 Å². The fourth-order valence-corrected chi connectivity index (χ4v) is 3.09. The van der Waals surface area contributed by atoms with Crippen molar-refractivity contribution in [1.82, 2.24) is 14.8 Å². The van der Waals surface area contributed by atoms with Gasteiger partial charge < -0.3 is 9.67 Å². The molecule has 3 rings (SSSR count). The Balaban J connectivity index is 1.83. The lowest BCUT2D eigenvalue weighted by Crippen LogP contribution is -2.41. The Morgan fingerprint density at radius 1 is 1.40 bits per heavy atom. The Bertz CT molecular complexity index is 650. The Labute approximate surface area is 117 Å². The number of aliphatic carboxylic acids is 1. The fourth-order valence-electron chi connectivity index (χ4n) is 3.09. The van der Waals surface area contributed by atoms with Gasteiger partial charge in [-0.15, -0.1) is 0 Å². The zero-order chi connectivity index (χ0) is 14.3. The minimum Gasteiger partial charge on any atom is -0.479 e. The zero-order valence-electron chi connectivity index (χ0n) is 11.7. The molecular formula is C15H19N3O2. The number of rotatable bonds is 3. The number of para-hydroxylation sites is 1. The molecule has 0 aliphatic carbocycles. The molecule has 1 aromatic heterocycles. The van der Waals surface area contributed by atoms with Crippen LogP contribution in [-0.4, -0.2) is 46.3 Å². The van der Waals surface area contributed by atoms with Gasteiger partial charge in [-0.25, -0.2) is 4.79 Å². The molecule has 106 valence electrons. The summed E-state index contributed by atoms with van der Waals surface area (Å²) in [5.74, 6) is -0.812. The normalized spacial score (nSPS) is 23.5. The molecule has 1 aliphatic rings. The van der Waals surface area contributed by atoms with Crippen molar-refractivity contribution in [3.05, 3.63) is 36.0 Å². The standard InChI is InChI=1S/C15H19N3O2/c1-17-8-10(12-5-3-4-6-13(12)17)7-11-9-18(2)14(16-11)15(19)20/h3-6,8,11,14,16H,7,9H2,1-2H3,(H,19,20)/t11-,14?/m0/s1. The maximum absolute atomic E-state index is 11.1. The molecule has 1 aliphatic heterocycles. The fraction of sp³-hybridized carbons (Fsp3) is 0.400. The summed E-state index contributed by atoms with van der Waals surface area (Å²) in [6.45, 7) is 0.750. The minimum atomic E-state index is -0.812. The van der Waals surface area contributed by atoms with Gasteiger partial charge in [0, 0.05) is 36.7 Å². The van der Waals surface area contributed by atoms with Crippen LogP contribution in [0.15, 0.2) is 30.5 Å². The number of nitrogens with one attached hydrogen (secondary N) is 1. The van der Waals surface area contributed by atoms with Crippen LogP contribution >= 0.6 is 0 Å². The van der Waals surface area contributed by atoms with Crippen molar-refractivity contribution >= 4 is 16.9 Å². The summed E-state index contributed by atoms with van der Waals surface area (Å²) in [5, 5.41) is 13.6. The topological polar surface area (TPSA) is 57.5 Å². The summed E-state index contributed by atoms with van der Waals surface area (Å²) in [5.41, 5.74) is 2.48. The van der Waals surface area contributed by atoms with E-state index >= 15 is 0 Å². The quantitative estimate of drug-likeness (QED) is 0.877. The molecule has 2 N–H and O–H groups in total. The van der Waals surface area contributed by atoms with Gasteiger partial charge in [0.1, 0.15) is 0 Å². The van der Waals surface area contributed by atoms with Gasteiger partial charge in [0.15, 0.2) is 6.17 Å². The van der Waals surface area contributed by atoms with Crippen molar-refractivity contribution < 1.29 is 9.90 Å². The van der Waals surface area contributed by atoms with Gasteiger partial charge in [0.25, 0.3) is 0 Å². The second-order valence-electron chi connectivity index (χ2n) is 5.53. The Hall–Kier alpha value is -1.85. The van der Waals surface area contributed by atoms with E-state index in [1.54, 1.807) is 0 Å². The van der Waals surface area contributed by atoms with Gasteiger partial charge in [0.05, 0.1) is 0 Å². The van der Waals surface area contributed by atoms with E-state index in [0.717, 1.165) is 13.0 Å². The molecule has 1 saturated heterocycles. The van der Waals surface area contributed by atoms with E-state index in [2.05, 4.69) is 28.2 Å². The first-order valence-corrected chi connectivity index (χ1v) is 6.78. The molecule has 2 heterocycles. The van der Waals surface area contributed by atoms with Gasteiger partial charge in [0.2, 0.25) is 0 Å². The monoisotopic (exact) mass is 273 g/mol. The summed E-state index contributed by atoms with van der Waals surface area (Å²) >= 11 is 0. The number of carbonyl (C=O) groups is 1. The Morgan fingerprint density at radius 2 is 2.15 bits per heavy atom. The summed E-state index contributed by atoms with van der Waals surface area (Å²) in [4.78, 5) is 13.0. The van der Waals surface area contributed by atoms with Crippen LogP contribution in [0.2, 0.25) is 0 Å². The number of hydrogen-bond donors (Lipinski definition) is 2.